The van der Waals surface area contributed by atoms with Gasteiger partial charge in [0.1, 0.15) is 5.69 Å². The molecule has 0 aliphatic rings. The minimum Gasteiger partial charge on any atom is -0.465 e. The zero-order valence-electron chi connectivity index (χ0n) is 5.29. The molecule has 1 aromatic heterocycles. The van der Waals surface area contributed by atoms with E-state index < -0.39 is 6.09 Å². The van der Waals surface area contributed by atoms with Crippen molar-refractivity contribution < 1.29 is 14.3 Å². The van der Waals surface area contributed by atoms with Crippen LogP contribution in [0.25, 0.3) is 0 Å². The zero-order chi connectivity index (χ0) is 7.56. The fourth-order valence-corrected chi connectivity index (χ4v) is 0.519. The number of hydrogen-bond acceptors (Lipinski definition) is 3. The first kappa shape index (κ1) is 6.60. The number of anilines is 1. The quantitative estimate of drug-likeness (QED) is 0.615. The molecule has 0 bridgehead atoms. The van der Waals surface area contributed by atoms with Crippen LogP contribution in [0.2, 0.25) is 0 Å². The van der Waals surface area contributed by atoms with Gasteiger partial charge in [0.05, 0.1) is 0 Å². The van der Waals surface area contributed by atoms with Gasteiger partial charge in [-0.1, -0.05) is 0 Å². The number of nitrogens with zero attached hydrogens (tertiary/aromatic N) is 1. The lowest BCUT2D eigenvalue weighted by molar-refractivity contribution is 0.209. The van der Waals surface area contributed by atoms with E-state index in [4.69, 9.17) is 5.11 Å². The molecule has 0 saturated carbocycles. The first-order valence-corrected chi connectivity index (χ1v) is 2.60. The number of carbonyl (C=O) groups is 1. The van der Waals surface area contributed by atoms with Gasteiger partial charge in [-0.05, 0) is 6.92 Å². The monoisotopic (exact) mass is 142 g/mol. The number of rotatable bonds is 1. The first-order valence-electron chi connectivity index (χ1n) is 2.60. The Bertz CT molecular complexity index is 243. The van der Waals surface area contributed by atoms with Gasteiger partial charge >= 0.3 is 6.09 Å². The third-order valence-corrected chi connectivity index (χ3v) is 0.966. The summed E-state index contributed by atoms with van der Waals surface area (Å²) in [5.74, 6) is 0.174. The maximum absolute atomic E-state index is 10.0. The average molecular weight is 142 g/mol. The molecule has 5 nitrogen and oxygen atoms in total. The standard InChI is InChI=1S/C5H6N2O3/c1-3-4(7-5(8)9)10-2-6-3/h2,7H,1H3,(H,8,9). The summed E-state index contributed by atoms with van der Waals surface area (Å²) >= 11 is 0. The van der Waals surface area contributed by atoms with Crippen LogP contribution in [0.4, 0.5) is 10.7 Å². The van der Waals surface area contributed by atoms with Gasteiger partial charge in [-0.3, -0.25) is 5.32 Å². The maximum Gasteiger partial charge on any atom is 0.411 e. The molecule has 0 spiro atoms. The molecule has 1 rings (SSSR count). The van der Waals surface area contributed by atoms with Crippen LogP contribution >= 0.6 is 0 Å². The molecule has 0 unspecified atom stereocenters. The summed E-state index contributed by atoms with van der Waals surface area (Å²) in [7, 11) is 0. The topological polar surface area (TPSA) is 75.4 Å². The molecule has 0 saturated heterocycles. The van der Waals surface area contributed by atoms with Gasteiger partial charge in [-0.2, -0.15) is 0 Å². The molecular weight excluding hydrogens is 136 g/mol. The molecule has 5 heteroatoms. The van der Waals surface area contributed by atoms with Crippen LogP contribution in [0, 0.1) is 6.92 Å². The van der Waals surface area contributed by atoms with Gasteiger partial charge in [0, 0.05) is 0 Å². The van der Waals surface area contributed by atoms with Gasteiger partial charge < -0.3 is 9.52 Å². The Morgan fingerprint density at radius 2 is 2.60 bits per heavy atom. The highest BCUT2D eigenvalue weighted by molar-refractivity contribution is 5.81. The normalized spacial score (nSPS) is 9.30. The van der Waals surface area contributed by atoms with E-state index in [0.29, 0.717) is 5.69 Å². The fraction of sp³-hybridized carbons (Fsp3) is 0.200. The number of aromatic nitrogens is 1. The van der Waals surface area contributed by atoms with Gasteiger partial charge in [0.2, 0.25) is 5.88 Å². The highest BCUT2D eigenvalue weighted by atomic mass is 16.4. The number of aryl methyl sites for hydroxylation is 1. The summed E-state index contributed by atoms with van der Waals surface area (Å²) in [5.41, 5.74) is 0.530. The third-order valence-electron chi connectivity index (χ3n) is 0.966. The van der Waals surface area contributed by atoms with Crippen LogP contribution in [0.5, 0.6) is 0 Å². The van der Waals surface area contributed by atoms with Crippen molar-refractivity contribution in [2.24, 2.45) is 0 Å². The molecule has 1 aromatic rings. The Morgan fingerprint density at radius 1 is 1.90 bits per heavy atom. The van der Waals surface area contributed by atoms with Crippen LogP contribution < -0.4 is 5.32 Å². The van der Waals surface area contributed by atoms with Crippen molar-refractivity contribution in [3.8, 4) is 0 Å². The SMILES string of the molecule is Cc1ncoc1NC(=O)O. The van der Waals surface area contributed by atoms with Gasteiger partial charge in [0.25, 0.3) is 0 Å². The average Bonchev–Trinajstić information content (AvgIpc) is 2.15. The lowest BCUT2D eigenvalue weighted by Gasteiger charge is -1.92. The number of oxazole rings is 1. The van der Waals surface area contributed by atoms with Crippen molar-refractivity contribution in [1.29, 1.82) is 0 Å². The van der Waals surface area contributed by atoms with Crippen LogP contribution in [-0.2, 0) is 0 Å². The summed E-state index contributed by atoms with van der Waals surface area (Å²) in [6.07, 6.45) is 0.0282. The van der Waals surface area contributed by atoms with E-state index >= 15 is 0 Å². The summed E-state index contributed by atoms with van der Waals surface area (Å²) in [6, 6.07) is 0. The van der Waals surface area contributed by atoms with E-state index in [1.165, 1.54) is 6.39 Å². The van der Waals surface area contributed by atoms with Crippen molar-refractivity contribution in [2.45, 2.75) is 6.92 Å². The molecule has 10 heavy (non-hydrogen) atoms. The first-order chi connectivity index (χ1) is 4.70. The van der Waals surface area contributed by atoms with Gasteiger partial charge in [-0.15, -0.1) is 0 Å². The fourth-order valence-electron chi connectivity index (χ4n) is 0.519. The summed E-state index contributed by atoms with van der Waals surface area (Å²) in [4.78, 5) is 13.7. The van der Waals surface area contributed by atoms with Crippen LogP contribution in [0.1, 0.15) is 5.69 Å². The molecule has 0 fully saturated rings. The van der Waals surface area contributed by atoms with Crippen molar-refractivity contribution >= 4 is 12.0 Å². The number of amides is 1. The van der Waals surface area contributed by atoms with E-state index in [9.17, 15) is 4.79 Å². The van der Waals surface area contributed by atoms with Gasteiger partial charge in [0.15, 0.2) is 6.39 Å². The Kier molecular flexibility index (Phi) is 1.57. The summed E-state index contributed by atoms with van der Waals surface area (Å²) in [5, 5.41) is 10.3. The third kappa shape index (κ3) is 1.25. The van der Waals surface area contributed by atoms with Crippen molar-refractivity contribution in [3.05, 3.63) is 12.1 Å². The molecule has 0 radical (unpaired) electrons. The highest BCUT2D eigenvalue weighted by Crippen LogP contribution is 2.10. The Morgan fingerprint density at radius 3 is 3.00 bits per heavy atom. The molecule has 0 atom stereocenters. The maximum atomic E-state index is 10.0. The predicted molar refractivity (Wildman–Crippen MR) is 32.9 cm³/mol. The van der Waals surface area contributed by atoms with Crippen molar-refractivity contribution in [1.82, 2.24) is 4.98 Å². The van der Waals surface area contributed by atoms with Crippen LogP contribution in [0.3, 0.4) is 0 Å². The molecule has 0 aliphatic carbocycles. The largest absolute Gasteiger partial charge is 0.465 e. The van der Waals surface area contributed by atoms with E-state index in [1.807, 2.05) is 5.32 Å². The Balaban J connectivity index is 2.74. The lowest BCUT2D eigenvalue weighted by Crippen LogP contribution is -2.07. The van der Waals surface area contributed by atoms with Crippen LogP contribution in [-0.4, -0.2) is 16.2 Å². The Labute approximate surface area is 56.7 Å². The number of hydrogen-bond donors (Lipinski definition) is 2. The number of nitrogens with one attached hydrogen (secondary N) is 1. The predicted octanol–water partition coefficient (Wildman–Crippen LogP) is 1.07. The van der Waals surface area contributed by atoms with Crippen molar-refractivity contribution in [3.63, 3.8) is 0 Å². The number of carboxylic acid groups (broad SMARTS) is 1. The molecular formula is C5H6N2O3. The van der Waals surface area contributed by atoms with E-state index in [0.717, 1.165) is 0 Å². The molecule has 0 aliphatic heterocycles. The van der Waals surface area contributed by atoms with Crippen LogP contribution in [0.15, 0.2) is 10.8 Å². The molecule has 2 N–H and O–H groups in total. The molecule has 0 aromatic carbocycles. The van der Waals surface area contributed by atoms with E-state index in [-0.39, 0.29) is 5.88 Å². The van der Waals surface area contributed by atoms with Gasteiger partial charge in [-0.25, -0.2) is 9.78 Å². The van der Waals surface area contributed by atoms with Crippen molar-refractivity contribution in [2.75, 3.05) is 5.32 Å². The zero-order valence-corrected chi connectivity index (χ0v) is 5.29. The minimum atomic E-state index is -1.15. The lowest BCUT2D eigenvalue weighted by atomic mass is 10.5. The van der Waals surface area contributed by atoms with E-state index in [2.05, 4.69) is 9.40 Å². The second-order valence-corrected chi connectivity index (χ2v) is 1.70. The Hall–Kier alpha value is -1.52. The molecule has 1 amide bonds. The second kappa shape index (κ2) is 2.38. The molecule has 1 heterocycles. The minimum absolute atomic E-state index is 0.174. The summed E-state index contributed by atoms with van der Waals surface area (Å²) < 4.78 is 4.67. The highest BCUT2D eigenvalue weighted by Gasteiger charge is 2.04. The molecule has 54 valence electrons. The summed E-state index contributed by atoms with van der Waals surface area (Å²) in [6.45, 7) is 1.65. The smallest absolute Gasteiger partial charge is 0.411 e. The second-order valence-electron chi connectivity index (χ2n) is 1.70. The van der Waals surface area contributed by atoms with E-state index in [1.54, 1.807) is 6.92 Å².